The molecule has 2 heterocycles. The Hall–Kier alpha value is -1.97. The number of rotatable bonds is 4. The first kappa shape index (κ1) is 9.58. The quantitative estimate of drug-likeness (QED) is 0.830. The number of pyridine rings is 1. The Bertz CT molecular complexity index is 412. The van der Waals surface area contributed by atoms with Crippen LogP contribution in [0.3, 0.4) is 0 Å². The van der Waals surface area contributed by atoms with E-state index in [1.807, 2.05) is 24.3 Å². The van der Waals surface area contributed by atoms with Crippen LogP contribution in [-0.2, 0) is 6.54 Å². The van der Waals surface area contributed by atoms with E-state index in [-0.39, 0.29) is 0 Å². The lowest BCUT2D eigenvalue weighted by molar-refractivity contribution is 0.398. The molecule has 78 valence electrons. The van der Waals surface area contributed by atoms with Crippen molar-refractivity contribution in [2.24, 2.45) is 0 Å². The summed E-state index contributed by atoms with van der Waals surface area (Å²) in [5.41, 5.74) is 0. The highest BCUT2D eigenvalue weighted by Crippen LogP contribution is 2.11. The first-order chi connectivity index (χ1) is 7.38. The van der Waals surface area contributed by atoms with Crippen LogP contribution in [0.4, 0.5) is 5.82 Å². The zero-order valence-electron chi connectivity index (χ0n) is 8.43. The first-order valence-electron chi connectivity index (χ1n) is 4.66. The third kappa shape index (κ3) is 2.49. The van der Waals surface area contributed by atoms with Gasteiger partial charge in [0.25, 0.3) is 0 Å². The molecule has 4 heteroatoms. The summed E-state index contributed by atoms with van der Waals surface area (Å²) in [6.07, 6.45) is 1.65. The molecule has 1 N–H and O–H groups in total. The van der Waals surface area contributed by atoms with Crippen LogP contribution in [-0.4, -0.2) is 12.1 Å². The van der Waals surface area contributed by atoms with E-state index in [0.29, 0.717) is 12.4 Å². The van der Waals surface area contributed by atoms with Gasteiger partial charge in [-0.15, -0.1) is 0 Å². The molecule has 4 nitrogen and oxygen atoms in total. The molecule has 0 unspecified atom stereocenters. The highest BCUT2D eigenvalue weighted by atomic mass is 16.5. The van der Waals surface area contributed by atoms with Crippen LogP contribution in [0.5, 0.6) is 5.88 Å². The standard InChI is InChI=1S/C11H12N2O2/c1-14-11-6-2-5-10(13-11)12-8-9-4-3-7-15-9/h2-7H,8H2,1H3,(H,12,13). The summed E-state index contributed by atoms with van der Waals surface area (Å²) in [4.78, 5) is 4.22. The van der Waals surface area contributed by atoms with Gasteiger partial charge in [0.15, 0.2) is 0 Å². The van der Waals surface area contributed by atoms with Gasteiger partial charge >= 0.3 is 0 Å². The lowest BCUT2D eigenvalue weighted by atomic mass is 10.4. The van der Waals surface area contributed by atoms with E-state index >= 15 is 0 Å². The fraction of sp³-hybridized carbons (Fsp3) is 0.182. The van der Waals surface area contributed by atoms with Gasteiger partial charge in [-0.3, -0.25) is 0 Å². The van der Waals surface area contributed by atoms with Gasteiger partial charge in [0.2, 0.25) is 5.88 Å². The molecule has 0 aliphatic rings. The van der Waals surface area contributed by atoms with Crippen LogP contribution in [0, 0.1) is 0 Å². The minimum absolute atomic E-state index is 0.597. The molecule has 0 atom stereocenters. The molecule has 0 spiro atoms. The molecular formula is C11H12N2O2. The third-order valence-corrected chi connectivity index (χ3v) is 1.96. The molecule has 0 aliphatic carbocycles. The largest absolute Gasteiger partial charge is 0.481 e. The fourth-order valence-electron chi connectivity index (χ4n) is 1.22. The first-order valence-corrected chi connectivity index (χ1v) is 4.66. The number of aromatic nitrogens is 1. The average molecular weight is 204 g/mol. The van der Waals surface area contributed by atoms with Gasteiger partial charge in [-0.25, -0.2) is 0 Å². The van der Waals surface area contributed by atoms with Gasteiger partial charge in [0.05, 0.1) is 19.9 Å². The summed E-state index contributed by atoms with van der Waals surface area (Å²) in [7, 11) is 1.60. The van der Waals surface area contributed by atoms with E-state index < -0.39 is 0 Å². The Kier molecular flexibility index (Phi) is 2.88. The van der Waals surface area contributed by atoms with Gasteiger partial charge < -0.3 is 14.5 Å². The fourth-order valence-corrected chi connectivity index (χ4v) is 1.22. The molecule has 0 saturated heterocycles. The SMILES string of the molecule is COc1cccc(NCc2ccco2)n1. The lowest BCUT2D eigenvalue weighted by Crippen LogP contribution is -2.00. The molecule has 0 aromatic carbocycles. The smallest absolute Gasteiger partial charge is 0.214 e. The normalized spacial score (nSPS) is 9.93. The van der Waals surface area contributed by atoms with Crippen LogP contribution in [0.1, 0.15) is 5.76 Å². The monoisotopic (exact) mass is 204 g/mol. The number of hydrogen-bond acceptors (Lipinski definition) is 4. The molecule has 2 aromatic rings. The average Bonchev–Trinajstić information content (AvgIpc) is 2.79. The van der Waals surface area contributed by atoms with E-state index in [9.17, 15) is 0 Å². The van der Waals surface area contributed by atoms with Crippen molar-refractivity contribution < 1.29 is 9.15 Å². The molecule has 0 radical (unpaired) electrons. The highest BCUT2D eigenvalue weighted by molar-refractivity contribution is 5.37. The van der Waals surface area contributed by atoms with E-state index in [4.69, 9.17) is 9.15 Å². The minimum Gasteiger partial charge on any atom is -0.481 e. The minimum atomic E-state index is 0.597. The third-order valence-electron chi connectivity index (χ3n) is 1.96. The van der Waals surface area contributed by atoms with Crippen LogP contribution >= 0.6 is 0 Å². The summed E-state index contributed by atoms with van der Waals surface area (Å²) in [6.45, 7) is 0.618. The number of anilines is 1. The number of furan rings is 1. The van der Waals surface area contributed by atoms with Crippen molar-refractivity contribution in [2.45, 2.75) is 6.54 Å². The zero-order chi connectivity index (χ0) is 10.5. The highest BCUT2D eigenvalue weighted by Gasteiger charge is 1.98. The Morgan fingerprint density at radius 2 is 2.27 bits per heavy atom. The van der Waals surface area contributed by atoms with E-state index in [2.05, 4.69) is 10.3 Å². The van der Waals surface area contributed by atoms with Crippen molar-refractivity contribution in [2.75, 3.05) is 12.4 Å². The molecule has 0 bridgehead atoms. The molecule has 0 fully saturated rings. The van der Waals surface area contributed by atoms with Crippen molar-refractivity contribution in [3.05, 3.63) is 42.4 Å². The van der Waals surface area contributed by atoms with Crippen molar-refractivity contribution in [1.29, 1.82) is 0 Å². The van der Waals surface area contributed by atoms with Crippen molar-refractivity contribution >= 4 is 5.82 Å². The Morgan fingerprint density at radius 3 is 3.00 bits per heavy atom. The Labute approximate surface area is 87.9 Å². The molecule has 0 saturated carbocycles. The van der Waals surface area contributed by atoms with Gasteiger partial charge in [-0.1, -0.05) is 6.07 Å². The Balaban J connectivity index is 1.98. The van der Waals surface area contributed by atoms with Crippen LogP contribution in [0.25, 0.3) is 0 Å². The second-order valence-corrected chi connectivity index (χ2v) is 3.00. The number of nitrogens with one attached hydrogen (secondary N) is 1. The van der Waals surface area contributed by atoms with Gasteiger partial charge in [0.1, 0.15) is 11.6 Å². The molecule has 0 amide bonds. The summed E-state index contributed by atoms with van der Waals surface area (Å²) < 4.78 is 10.2. The summed E-state index contributed by atoms with van der Waals surface area (Å²) in [5, 5.41) is 3.14. The predicted octanol–water partition coefficient (Wildman–Crippen LogP) is 2.30. The van der Waals surface area contributed by atoms with Gasteiger partial charge in [-0.2, -0.15) is 4.98 Å². The maximum atomic E-state index is 5.19. The van der Waals surface area contributed by atoms with Gasteiger partial charge in [-0.05, 0) is 18.2 Å². The second-order valence-electron chi connectivity index (χ2n) is 3.00. The summed E-state index contributed by atoms with van der Waals surface area (Å²) >= 11 is 0. The molecule has 15 heavy (non-hydrogen) atoms. The molecular weight excluding hydrogens is 192 g/mol. The van der Waals surface area contributed by atoms with Crippen molar-refractivity contribution in [3.63, 3.8) is 0 Å². The van der Waals surface area contributed by atoms with E-state index in [0.717, 1.165) is 11.6 Å². The molecule has 2 rings (SSSR count). The number of hydrogen-bond donors (Lipinski definition) is 1. The lowest BCUT2D eigenvalue weighted by Gasteiger charge is -2.04. The summed E-state index contributed by atoms with van der Waals surface area (Å²) in [6, 6.07) is 9.34. The van der Waals surface area contributed by atoms with Crippen molar-refractivity contribution in [1.82, 2.24) is 4.98 Å². The van der Waals surface area contributed by atoms with Crippen LogP contribution in [0.15, 0.2) is 41.0 Å². The van der Waals surface area contributed by atoms with Crippen molar-refractivity contribution in [3.8, 4) is 5.88 Å². The number of methoxy groups -OCH3 is 1. The van der Waals surface area contributed by atoms with E-state index in [1.165, 1.54) is 0 Å². The predicted molar refractivity (Wildman–Crippen MR) is 56.8 cm³/mol. The topological polar surface area (TPSA) is 47.3 Å². The molecule has 0 aliphatic heterocycles. The Morgan fingerprint density at radius 1 is 1.33 bits per heavy atom. The van der Waals surface area contributed by atoms with Crippen LogP contribution in [0.2, 0.25) is 0 Å². The number of ether oxygens (including phenoxy) is 1. The second kappa shape index (κ2) is 4.50. The summed E-state index contributed by atoms with van der Waals surface area (Å²) in [5.74, 6) is 2.24. The maximum absolute atomic E-state index is 5.19. The molecule has 2 aromatic heterocycles. The van der Waals surface area contributed by atoms with E-state index in [1.54, 1.807) is 19.4 Å². The van der Waals surface area contributed by atoms with Crippen LogP contribution < -0.4 is 10.1 Å². The van der Waals surface area contributed by atoms with Gasteiger partial charge in [0, 0.05) is 6.07 Å². The maximum Gasteiger partial charge on any atom is 0.214 e. The zero-order valence-corrected chi connectivity index (χ0v) is 8.43. The number of nitrogens with zero attached hydrogens (tertiary/aromatic N) is 1.